The zero-order valence-corrected chi connectivity index (χ0v) is 12.6. The fourth-order valence-electron chi connectivity index (χ4n) is 2.04. The Morgan fingerprint density at radius 3 is 2.19 bits per heavy atom. The van der Waals surface area contributed by atoms with E-state index in [9.17, 15) is 14.0 Å². The molecule has 1 rings (SSSR count). The number of rotatable bonds is 8. The molecule has 0 radical (unpaired) electrons. The molecule has 0 spiro atoms. The van der Waals surface area contributed by atoms with Crippen molar-refractivity contribution in [3.63, 3.8) is 0 Å². The van der Waals surface area contributed by atoms with E-state index in [0.29, 0.717) is 13.1 Å². The van der Waals surface area contributed by atoms with E-state index in [2.05, 4.69) is 10.6 Å². The lowest BCUT2D eigenvalue weighted by molar-refractivity contribution is -0.125. The Kier molecular flexibility index (Phi) is 7.43. The highest BCUT2D eigenvalue weighted by atomic mass is 19.1. The van der Waals surface area contributed by atoms with Crippen LogP contribution in [0.3, 0.4) is 0 Å². The molecule has 0 atom stereocenters. The van der Waals surface area contributed by atoms with Crippen LogP contribution in [0.5, 0.6) is 0 Å². The van der Waals surface area contributed by atoms with Gasteiger partial charge in [0.2, 0.25) is 11.8 Å². The van der Waals surface area contributed by atoms with Crippen molar-refractivity contribution in [1.82, 2.24) is 10.6 Å². The number of benzene rings is 1. The molecule has 0 aliphatic rings. The first-order valence-corrected chi connectivity index (χ1v) is 7.35. The lowest BCUT2D eigenvalue weighted by atomic mass is 10.0. The van der Waals surface area contributed by atoms with Crippen LogP contribution in [-0.4, -0.2) is 24.9 Å². The summed E-state index contributed by atoms with van der Waals surface area (Å²) in [5.74, 6) is -0.380. The molecule has 1 aromatic carbocycles. The highest BCUT2D eigenvalue weighted by molar-refractivity contribution is 5.79. The molecule has 2 N–H and O–H groups in total. The summed E-state index contributed by atoms with van der Waals surface area (Å²) in [4.78, 5) is 23.4. The van der Waals surface area contributed by atoms with E-state index >= 15 is 0 Å². The average molecular weight is 294 g/mol. The molecule has 0 unspecified atom stereocenters. The zero-order valence-electron chi connectivity index (χ0n) is 12.6. The van der Waals surface area contributed by atoms with Gasteiger partial charge in [-0.25, -0.2) is 4.39 Å². The summed E-state index contributed by atoms with van der Waals surface area (Å²) >= 11 is 0. The Labute approximate surface area is 125 Å². The summed E-state index contributed by atoms with van der Waals surface area (Å²) in [5, 5.41) is 5.54. The van der Waals surface area contributed by atoms with Crippen LogP contribution in [0, 0.1) is 11.7 Å². The monoisotopic (exact) mass is 294 g/mol. The van der Waals surface area contributed by atoms with Crippen molar-refractivity contribution in [2.45, 2.75) is 33.1 Å². The van der Waals surface area contributed by atoms with E-state index in [1.165, 1.54) is 12.1 Å². The molecule has 0 heterocycles. The van der Waals surface area contributed by atoms with Gasteiger partial charge in [0, 0.05) is 19.0 Å². The van der Waals surface area contributed by atoms with Crippen molar-refractivity contribution in [2.75, 3.05) is 13.1 Å². The molecule has 5 heteroatoms. The molecule has 0 aliphatic heterocycles. The van der Waals surface area contributed by atoms with E-state index in [0.717, 1.165) is 18.4 Å². The number of hydrogen-bond donors (Lipinski definition) is 2. The van der Waals surface area contributed by atoms with E-state index in [-0.39, 0.29) is 30.0 Å². The van der Waals surface area contributed by atoms with E-state index in [1.54, 1.807) is 12.1 Å². The highest BCUT2D eigenvalue weighted by Gasteiger charge is 2.12. The smallest absolute Gasteiger partial charge is 0.224 e. The van der Waals surface area contributed by atoms with Crippen LogP contribution in [0.4, 0.5) is 4.39 Å². The van der Waals surface area contributed by atoms with Crippen molar-refractivity contribution in [3.05, 3.63) is 35.6 Å². The van der Waals surface area contributed by atoms with Gasteiger partial charge in [-0.2, -0.15) is 0 Å². The third-order valence-electron chi connectivity index (χ3n) is 3.38. The van der Waals surface area contributed by atoms with Crippen molar-refractivity contribution in [3.8, 4) is 0 Å². The van der Waals surface area contributed by atoms with Gasteiger partial charge in [-0.15, -0.1) is 0 Å². The summed E-state index contributed by atoms with van der Waals surface area (Å²) in [6.07, 6.45) is 1.85. The molecule has 4 nitrogen and oxygen atoms in total. The SMILES string of the molecule is CCC(CC)C(=O)NCCNC(=O)Cc1ccc(F)cc1. The van der Waals surface area contributed by atoms with Gasteiger partial charge < -0.3 is 10.6 Å². The lowest BCUT2D eigenvalue weighted by Crippen LogP contribution is -2.37. The number of nitrogens with one attached hydrogen (secondary N) is 2. The minimum atomic E-state index is -0.316. The van der Waals surface area contributed by atoms with Crippen molar-refractivity contribution in [2.24, 2.45) is 5.92 Å². The summed E-state index contributed by atoms with van der Waals surface area (Å²) in [6, 6.07) is 5.84. The Balaban J connectivity index is 2.22. The van der Waals surface area contributed by atoms with Crippen molar-refractivity contribution in [1.29, 1.82) is 0 Å². The second-order valence-electron chi connectivity index (χ2n) is 4.96. The maximum absolute atomic E-state index is 12.7. The quantitative estimate of drug-likeness (QED) is 0.721. The molecule has 0 saturated carbocycles. The minimum Gasteiger partial charge on any atom is -0.354 e. The minimum absolute atomic E-state index is 0.0350. The highest BCUT2D eigenvalue weighted by Crippen LogP contribution is 2.06. The van der Waals surface area contributed by atoms with E-state index in [4.69, 9.17) is 0 Å². The number of halogens is 1. The Morgan fingerprint density at radius 2 is 1.62 bits per heavy atom. The summed E-state index contributed by atoms with van der Waals surface area (Å²) < 4.78 is 12.7. The third kappa shape index (κ3) is 6.38. The molecule has 116 valence electrons. The van der Waals surface area contributed by atoms with Crippen LogP contribution >= 0.6 is 0 Å². The Morgan fingerprint density at radius 1 is 1.05 bits per heavy atom. The fraction of sp³-hybridized carbons (Fsp3) is 0.500. The van der Waals surface area contributed by atoms with E-state index in [1.807, 2.05) is 13.8 Å². The molecule has 0 fully saturated rings. The molecule has 0 saturated heterocycles. The predicted molar refractivity (Wildman–Crippen MR) is 80.2 cm³/mol. The second-order valence-corrected chi connectivity index (χ2v) is 4.96. The topological polar surface area (TPSA) is 58.2 Å². The maximum atomic E-state index is 12.7. The Hall–Kier alpha value is -1.91. The Bertz CT molecular complexity index is 456. The molecule has 0 aromatic heterocycles. The number of amides is 2. The molecular weight excluding hydrogens is 271 g/mol. The molecule has 0 bridgehead atoms. The first-order valence-electron chi connectivity index (χ1n) is 7.35. The van der Waals surface area contributed by atoms with Gasteiger partial charge in [-0.1, -0.05) is 26.0 Å². The average Bonchev–Trinajstić information content (AvgIpc) is 2.47. The first-order chi connectivity index (χ1) is 10.1. The summed E-state index contributed by atoms with van der Waals surface area (Å²) in [7, 11) is 0. The number of carbonyl (C=O) groups excluding carboxylic acids is 2. The summed E-state index contributed by atoms with van der Waals surface area (Å²) in [6.45, 7) is 4.78. The molecule has 1 aromatic rings. The van der Waals surface area contributed by atoms with Gasteiger partial charge in [0.25, 0.3) is 0 Å². The standard InChI is InChI=1S/C16H23FN2O2/c1-3-13(4-2)16(21)19-10-9-18-15(20)11-12-5-7-14(17)8-6-12/h5-8,13H,3-4,9-11H2,1-2H3,(H,18,20)(H,19,21). The van der Waals surface area contributed by atoms with Crippen LogP contribution in [-0.2, 0) is 16.0 Å². The zero-order chi connectivity index (χ0) is 15.7. The van der Waals surface area contributed by atoms with Gasteiger partial charge in [-0.3, -0.25) is 9.59 Å². The molecule has 2 amide bonds. The normalized spacial score (nSPS) is 10.5. The number of carbonyl (C=O) groups is 2. The molecule has 21 heavy (non-hydrogen) atoms. The van der Waals surface area contributed by atoms with Gasteiger partial charge in [0.1, 0.15) is 5.82 Å². The molecule has 0 aliphatic carbocycles. The van der Waals surface area contributed by atoms with E-state index < -0.39 is 0 Å². The van der Waals surface area contributed by atoms with Crippen LogP contribution in [0.2, 0.25) is 0 Å². The van der Waals surface area contributed by atoms with Gasteiger partial charge >= 0.3 is 0 Å². The van der Waals surface area contributed by atoms with Crippen molar-refractivity contribution >= 4 is 11.8 Å². The maximum Gasteiger partial charge on any atom is 0.224 e. The van der Waals surface area contributed by atoms with Gasteiger partial charge in [0.05, 0.1) is 6.42 Å². The van der Waals surface area contributed by atoms with Gasteiger partial charge in [0.15, 0.2) is 0 Å². The fourth-order valence-corrected chi connectivity index (χ4v) is 2.04. The largest absolute Gasteiger partial charge is 0.354 e. The number of hydrogen-bond acceptors (Lipinski definition) is 2. The predicted octanol–water partition coefficient (Wildman–Crippen LogP) is 2.04. The van der Waals surface area contributed by atoms with Crippen LogP contribution in [0.1, 0.15) is 32.3 Å². The second kappa shape index (κ2) is 9.10. The van der Waals surface area contributed by atoms with Crippen LogP contribution < -0.4 is 10.6 Å². The summed E-state index contributed by atoms with van der Waals surface area (Å²) in [5.41, 5.74) is 0.759. The van der Waals surface area contributed by atoms with Crippen LogP contribution in [0.15, 0.2) is 24.3 Å². The lowest BCUT2D eigenvalue weighted by Gasteiger charge is -2.13. The van der Waals surface area contributed by atoms with Crippen LogP contribution in [0.25, 0.3) is 0 Å². The van der Waals surface area contributed by atoms with Gasteiger partial charge in [-0.05, 0) is 30.5 Å². The molecular formula is C16H23FN2O2. The first kappa shape index (κ1) is 17.1. The van der Waals surface area contributed by atoms with Crippen molar-refractivity contribution < 1.29 is 14.0 Å². The third-order valence-corrected chi connectivity index (χ3v) is 3.38.